The van der Waals surface area contributed by atoms with E-state index < -0.39 is 0 Å². The lowest BCUT2D eigenvalue weighted by Crippen LogP contribution is -2.07. The van der Waals surface area contributed by atoms with Gasteiger partial charge in [0.05, 0.1) is 5.01 Å². The number of nitrogens with one attached hydrogen (secondary N) is 1. The molecule has 5 nitrogen and oxygen atoms in total. The molecule has 0 aliphatic carbocycles. The number of nitrogens with two attached hydrogens (primary N) is 1. The van der Waals surface area contributed by atoms with Crippen LogP contribution in [0.25, 0.3) is 0 Å². The van der Waals surface area contributed by atoms with E-state index in [0.29, 0.717) is 0 Å². The Hall–Kier alpha value is -1.69. The van der Waals surface area contributed by atoms with E-state index in [4.69, 9.17) is 5.73 Å². The molecule has 2 rings (SSSR count). The van der Waals surface area contributed by atoms with Crippen LogP contribution in [0.2, 0.25) is 0 Å². The molecule has 0 atom stereocenters. The van der Waals surface area contributed by atoms with Gasteiger partial charge in [0.15, 0.2) is 0 Å². The SMILES string of the molecule is Nc1nccc(NCCc2nccs2)n1. The summed E-state index contributed by atoms with van der Waals surface area (Å²) in [5.74, 6) is 1.04. The first-order valence-corrected chi connectivity index (χ1v) is 5.43. The summed E-state index contributed by atoms with van der Waals surface area (Å²) in [7, 11) is 0. The molecule has 15 heavy (non-hydrogen) atoms. The van der Waals surface area contributed by atoms with Gasteiger partial charge in [-0.25, -0.2) is 9.97 Å². The summed E-state index contributed by atoms with van der Waals surface area (Å²) in [6.45, 7) is 0.796. The van der Waals surface area contributed by atoms with Gasteiger partial charge in [0.1, 0.15) is 5.82 Å². The van der Waals surface area contributed by atoms with Crippen molar-refractivity contribution < 1.29 is 0 Å². The maximum Gasteiger partial charge on any atom is 0.221 e. The third-order valence-electron chi connectivity index (χ3n) is 1.80. The van der Waals surface area contributed by atoms with Crippen molar-refractivity contribution in [3.05, 3.63) is 28.8 Å². The molecule has 2 aromatic rings. The highest BCUT2D eigenvalue weighted by molar-refractivity contribution is 7.09. The van der Waals surface area contributed by atoms with E-state index >= 15 is 0 Å². The summed E-state index contributed by atoms with van der Waals surface area (Å²) in [4.78, 5) is 12.0. The highest BCUT2D eigenvalue weighted by atomic mass is 32.1. The molecule has 0 aromatic carbocycles. The zero-order valence-corrected chi connectivity index (χ0v) is 8.87. The maximum absolute atomic E-state index is 5.45. The average molecular weight is 221 g/mol. The van der Waals surface area contributed by atoms with Gasteiger partial charge in [0.25, 0.3) is 0 Å². The lowest BCUT2D eigenvalue weighted by atomic mass is 10.4. The van der Waals surface area contributed by atoms with Crippen molar-refractivity contribution in [2.45, 2.75) is 6.42 Å². The van der Waals surface area contributed by atoms with Crippen molar-refractivity contribution in [2.24, 2.45) is 0 Å². The minimum Gasteiger partial charge on any atom is -0.369 e. The van der Waals surface area contributed by atoms with E-state index in [-0.39, 0.29) is 5.95 Å². The Morgan fingerprint density at radius 1 is 1.33 bits per heavy atom. The van der Waals surface area contributed by atoms with Crippen molar-refractivity contribution in [1.82, 2.24) is 15.0 Å². The van der Waals surface area contributed by atoms with Crippen LogP contribution in [0.4, 0.5) is 11.8 Å². The van der Waals surface area contributed by atoms with E-state index in [9.17, 15) is 0 Å². The molecule has 0 saturated carbocycles. The van der Waals surface area contributed by atoms with E-state index in [1.54, 1.807) is 23.6 Å². The first-order valence-electron chi connectivity index (χ1n) is 4.55. The van der Waals surface area contributed by atoms with Crippen LogP contribution in [-0.2, 0) is 6.42 Å². The van der Waals surface area contributed by atoms with Crippen LogP contribution in [0, 0.1) is 0 Å². The van der Waals surface area contributed by atoms with Gasteiger partial charge in [-0.05, 0) is 6.07 Å². The number of thiazole rings is 1. The largest absolute Gasteiger partial charge is 0.369 e. The molecule has 0 amide bonds. The second-order valence-electron chi connectivity index (χ2n) is 2.90. The summed E-state index contributed by atoms with van der Waals surface area (Å²) in [6.07, 6.45) is 4.33. The van der Waals surface area contributed by atoms with E-state index in [2.05, 4.69) is 20.3 Å². The van der Waals surface area contributed by atoms with Gasteiger partial charge in [-0.15, -0.1) is 11.3 Å². The van der Waals surface area contributed by atoms with Gasteiger partial charge in [0.2, 0.25) is 5.95 Å². The first-order chi connectivity index (χ1) is 7.34. The Bertz CT molecular complexity index is 414. The molecule has 3 N–H and O–H groups in total. The lowest BCUT2D eigenvalue weighted by molar-refractivity contribution is 0.984. The molecular weight excluding hydrogens is 210 g/mol. The van der Waals surface area contributed by atoms with Gasteiger partial charge >= 0.3 is 0 Å². The number of nitrogen functional groups attached to an aromatic ring is 1. The van der Waals surface area contributed by atoms with Crippen molar-refractivity contribution in [3.63, 3.8) is 0 Å². The molecule has 78 valence electrons. The molecule has 0 bridgehead atoms. The fourth-order valence-corrected chi connectivity index (χ4v) is 1.77. The number of rotatable bonds is 4. The third-order valence-corrected chi connectivity index (χ3v) is 2.64. The molecule has 2 aromatic heterocycles. The summed E-state index contributed by atoms with van der Waals surface area (Å²) >= 11 is 1.65. The number of hydrogen-bond donors (Lipinski definition) is 2. The molecule has 2 heterocycles. The molecule has 0 saturated heterocycles. The topological polar surface area (TPSA) is 76.7 Å². The quantitative estimate of drug-likeness (QED) is 0.810. The minimum absolute atomic E-state index is 0.286. The van der Waals surface area contributed by atoms with Crippen LogP contribution < -0.4 is 11.1 Å². The molecule has 6 heteroatoms. The van der Waals surface area contributed by atoms with Crippen LogP contribution in [-0.4, -0.2) is 21.5 Å². The Labute approximate surface area is 91.4 Å². The van der Waals surface area contributed by atoms with Crippen LogP contribution in [0.3, 0.4) is 0 Å². The highest BCUT2D eigenvalue weighted by Crippen LogP contribution is 2.06. The van der Waals surface area contributed by atoms with Gasteiger partial charge in [-0.2, -0.15) is 4.98 Å². The number of anilines is 2. The monoisotopic (exact) mass is 221 g/mol. The second kappa shape index (κ2) is 4.70. The van der Waals surface area contributed by atoms with Crippen LogP contribution in [0.5, 0.6) is 0 Å². The maximum atomic E-state index is 5.45. The fourth-order valence-electron chi connectivity index (χ4n) is 1.15. The molecule has 0 unspecified atom stereocenters. The fraction of sp³-hybridized carbons (Fsp3) is 0.222. The molecular formula is C9H11N5S. The van der Waals surface area contributed by atoms with Crippen LogP contribution in [0.1, 0.15) is 5.01 Å². The summed E-state index contributed by atoms with van der Waals surface area (Å²) in [5, 5.41) is 6.24. The van der Waals surface area contributed by atoms with Gasteiger partial charge in [0, 0.05) is 30.7 Å². The first kappa shape index (κ1) is 9.85. The summed E-state index contributed by atoms with van der Waals surface area (Å²) < 4.78 is 0. The third kappa shape index (κ3) is 2.88. The van der Waals surface area contributed by atoms with Crippen LogP contribution in [0.15, 0.2) is 23.8 Å². The van der Waals surface area contributed by atoms with Crippen molar-refractivity contribution in [1.29, 1.82) is 0 Å². The minimum atomic E-state index is 0.286. The smallest absolute Gasteiger partial charge is 0.221 e. The Morgan fingerprint density at radius 3 is 3.00 bits per heavy atom. The Morgan fingerprint density at radius 2 is 2.27 bits per heavy atom. The van der Waals surface area contributed by atoms with Crippen molar-refractivity contribution in [3.8, 4) is 0 Å². The number of hydrogen-bond acceptors (Lipinski definition) is 6. The predicted octanol–water partition coefficient (Wildman–Crippen LogP) is 1.17. The average Bonchev–Trinajstić information content (AvgIpc) is 2.71. The van der Waals surface area contributed by atoms with Crippen molar-refractivity contribution >= 4 is 23.1 Å². The zero-order valence-electron chi connectivity index (χ0n) is 8.05. The summed E-state index contributed by atoms with van der Waals surface area (Å²) in [6, 6.07) is 1.79. The normalized spacial score (nSPS) is 10.1. The zero-order chi connectivity index (χ0) is 10.5. The predicted molar refractivity (Wildman–Crippen MR) is 60.8 cm³/mol. The Kier molecular flexibility index (Phi) is 3.08. The molecule has 0 fully saturated rings. The van der Waals surface area contributed by atoms with Crippen LogP contribution >= 0.6 is 11.3 Å². The van der Waals surface area contributed by atoms with Gasteiger partial charge in [-0.3, -0.25) is 0 Å². The molecule has 0 aliphatic heterocycles. The van der Waals surface area contributed by atoms with E-state index in [0.717, 1.165) is 23.8 Å². The van der Waals surface area contributed by atoms with Crippen molar-refractivity contribution in [2.75, 3.05) is 17.6 Å². The standard InChI is InChI=1S/C9H11N5S/c10-9-13-3-1-7(14-9)11-4-2-8-12-5-6-15-8/h1,3,5-6H,2,4H2,(H3,10,11,13,14). The highest BCUT2D eigenvalue weighted by Gasteiger charge is 1.97. The number of aromatic nitrogens is 3. The second-order valence-corrected chi connectivity index (χ2v) is 3.88. The summed E-state index contributed by atoms with van der Waals surface area (Å²) in [5.41, 5.74) is 5.45. The molecule has 0 spiro atoms. The molecule has 0 aliphatic rings. The molecule has 0 radical (unpaired) electrons. The number of nitrogens with zero attached hydrogens (tertiary/aromatic N) is 3. The Balaban J connectivity index is 1.83. The van der Waals surface area contributed by atoms with E-state index in [1.807, 2.05) is 11.6 Å². The van der Waals surface area contributed by atoms with E-state index in [1.165, 1.54) is 0 Å². The lowest BCUT2D eigenvalue weighted by Gasteiger charge is -2.03. The van der Waals surface area contributed by atoms with Gasteiger partial charge in [-0.1, -0.05) is 0 Å². The van der Waals surface area contributed by atoms with Gasteiger partial charge < -0.3 is 11.1 Å².